The van der Waals surface area contributed by atoms with Gasteiger partial charge in [-0.2, -0.15) is 0 Å². The van der Waals surface area contributed by atoms with E-state index in [0.717, 1.165) is 29.2 Å². The van der Waals surface area contributed by atoms with Crippen LogP contribution in [-0.2, 0) is 0 Å². The van der Waals surface area contributed by atoms with Crippen molar-refractivity contribution >= 4 is 35.0 Å². The van der Waals surface area contributed by atoms with Crippen LogP contribution in [0.5, 0.6) is 0 Å². The van der Waals surface area contributed by atoms with E-state index in [1.807, 2.05) is 43.0 Å². The average Bonchev–Trinajstić information content (AvgIpc) is 2.55. The van der Waals surface area contributed by atoms with Crippen LogP contribution in [0.3, 0.4) is 0 Å². The zero-order valence-electron chi connectivity index (χ0n) is 13.8. The van der Waals surface area contributed by atoms with Gasteiger partial charge in [-0.1, -0.05) is 11.6 Å². The topological polar surface area (TPSA) is 18.8 Å². The smallest absolute Gasteiger partial charge is 0.123 e. The summed E-state index contributed by atoms with van der Waals surface area (Å²) in [7, 11) is 3.89. The van der Waals surface area contributed by atoms with E-state index in [4.69, 9.17) is 11.6 Å². The molecule has 3 nitrogen and oxygen atoms in total. The lowest BCUT2D eigenvalue weighted by Gasteiger charge is -2.22. The Kier molecular flexibility index (Phi) is 5.61. The van der Waals surface area contributed by atoms with Crippen LogP contribution in [0, 0.1) is 12.7 Å². The molecule has 23 heavy (non-hydrogen) atoms. The molecule has 0 heterocycles. The van der Waals surface area contributed by atoms with E-state index < -0.39 is 0 Å². The molecule has 122 valence electrons. The van der Waals surface area contributed by atoms with E-state index in [9.17, 15) is 4.39 Å². The first-order valence-corrected chi connectivity index (χ1v) is 7.84. The Bertz CT molecular complexity index is 698. The van der Waals surface area contributed by atoms with Gasteiger partial charge in [-0.15, -0.1) is 0 Å². The lowest BCUT2D eigenvalue weighted by molar-refractivity contribution is 0.552. The van der Waals surface area contributed by atoms with E-state index in [-0.39, 0.29) is 5.82 Å². The average molecular weight is 334 g/mol. The summed E-state index contributed by atoms with van der Waals surface area (Å²) in [4.78, 5) is 8.38. The zero-order chi connectivity index (χ0) is 17.0. The molecular formula is C18H21ClFN3. The van der Waals surface area contributed by atoms with Crippen molar-refractivity contribution in [1.29, 1.82) is 0 Å². The molecule has 2 aromatic rings. The molecule has 0 unspecified atom stereocenters. The second-order valence-corrected chi connectivity index (χ2v) is 5.85. The van der Waals surface area contributed by atoms with Crippen LogP contribution in [0.25, 0.3) is 0 Å². The van der Waals surface area contributed by atoms with Crippen molar-refractivity contribution in [2.45, 2.75) is 13.8 Å². The summed E-state index contributed by atoms with van der Waals surface area (Å²) in [6.07, 6.45) is 1.77. The number of anilines is 2. The van der Waals surface area contributed by atoms with Crippen molar-refractivity contribution < 1.29 is 4.39 Å². The minimum atomic E-state index is -0.248. The Hall–Kier alpha value is -2.07. The SMILES string of the molecule is CCN(C)/C=N\c1cc(C)c(N(C)c2ccc(F)cc2)cc1Cl. The predicted octanol–water partition coefficient (Wildman–Crippen LogP) is 5.17. The number of hydrogen-bond donors (Lipinski definition) is 0. The van der Waals surface area contributed by atoms with Crippen molar-refractivity contribution in [2.24, 2.45) is 4.99 Å². The third-order valence-electron chi connectivity index (χ3n) is 3.73. The second-order valence-electron chi connectivity index (χ2n) is 5.44. The number of aliphatic imine (C=N–C) groups is 1. The molecule has 0 spiro atoms. The van der Waals surface area contributed by atoms with Crippen LogP contribution >= 0.6 is 11.6 Å². The zero-order valence-corrected chi connectivity index (χ0v) is 14.6. The number of aryl methyl sites for hydroxylation is 1. The first kappa shape index (κ1) is 17.3. The lowest BCUT2D eigenvalue weighted by Crippen LogP contribution is -2.14. The summed E-state index contributed by atoms with van der Waals surface area (Å²) in [6.45, 7) is 4.94. The molecule has 2 rings (SSSR count). The number of hydrogen-bond acceptors (Lipinski definition) is 2. The highest BCUT2D eigenvalue weighted by Crippen LogP contribution is 2.35. The van der Waals surface area contributed by atoms with E-state index in [1.54, 1.807) is 18.5 Å². The van der Waals surface area contributed by atoms with Crippen LogP contribution in [0.4, 0.5) is 21.5 Å². The standard InChI is InChI=1S/C18H21ClFN3/c1-5-22(3)12-21-17-10-13(2)18(11-16(17)19)23(4)15-8-6-14(20)7-9-15/h6-12H,5H2,1-4H3/b21-12-. The third-order valence-corrected chi connectivity index (χ3v) is 4.04. The molecule has 0 bridgehead atoms. The highest BCUT2D eigenvalue weighted by Gasteiger charge is 2.11. The van der Waals surface area contributed by atoms with Crippen LogP contribution < -0.4 is 4.90 Å². The number of halogens is 2. The molecule has 0 amide bonds. The Labute approximate surface area is 142 Å². The van der Waals surface area contributed by atoms with Crippen molar-refractivity contribution in [3.8, 4) is 0 Å². The summed E-state index contributed by atoms with van der Waals surface area (Å²) >= 11 is 6.37. The fourth-order valence-electron chi connectivity index (χ4n) is 2.16. The van der Waals surface area contributed by atoms with Gasteiger partial charge in [-0.3, -0.25) is 0 Å². The summed E-state index contributed by atoms with van der Waals surface area (Å²) in [5, 5.41) is 0.584. The lowest BCUT2D eigenvalue weighted by atomic mass is 10.1. The quantitative estimate of drug-likeness (QED) is 0.555. The largest absolute Gasteiger partial charge is 0.366 e. The third kappa shape index (κ3) is 4.23. The molecule has 5 heteroatoms. The summed E-state index contributed by atoms with van der Waals surface area (Å²) < 4.78 is 13.1. The van der Waals surface area contributed by atoms with E-state index in [1.165, 1.54) is 12.1 Å². The molecule has 0 fully saturated rings. The van der Waals surface area contributed by atoms with Crippen molar-refractivity contribution in [2.75, 3.05) is 25.5 Å². The van der Waals surface area contributed by atoms with Gasteiger partial charge < -0.3 is 9.80 Å². The Balaban J connectivity index is 2.32. The van der Waals surface area contributed by atoms with Crippen LogP contribution in [0.1, 0.15) is 12.5 Å². The molecule has 2 aromatic carbocycles. The van der Waals surface area contributed by atoms with Gasteiger partial charge in [0.15, 0.2) is 0 Å². The highest BCUT2D eigenvalue weighted by molar-refractivity contribution is 6.33. The Morgan fingerprint density at radius 2 is 1.83 bits per heavy atom. The molecule has 0 saturated heterocycles. The maximum absolute atomic E-state index is 13.1. The maximum atomic E-state index is 13.1. The van der Waals surface area contributed by atoms with Gasteiger partial charge in [-0.05, 0) is 55.8 Å². The first-order valence-electron chi connectivity index (χ1n) is 7.46. The number of rotatable bonds is 5. The minimum absolute atomic E-state index is 0.248. The molecule has 0 radical (unpaired) electrons. The number of nitrogens with zero attached hydrogens (tertiary/aromatic N) is 3. The van der Waals surface area contributed by atoms with Crippen LogP contribution in [0.15, 0.2) is 41.4 Å². The summed E-state index contributed by atoms with van der Waals surface area (Å²) in [6, 6.07) is 10.2. The summed E-state index contributed by atoms with van der Waals surface area (Å²) in [5.74, 6) is -0.248. The molecular weight excluding hydrogens is 313 g/mol. The van der Waals surface area contributed by atoms with Gasteiger partial charge in [-0.25, -0.2) is 9.38 Å². The van der Waals surface area contributed by atoms with Gasteiger partial charge in [0, 0.05) is 32.0 Å². The van der Waals surface area contributed by atoms with Crippen LogP contribution in [-0.4, -0.2) is 31.9 Å². The maximum Gasteiger partial charge on any atom is 0.123 e. The van der Waals surface area contributed by atoms with E-state index in [0.29, 0.717) is 5.02 Å². The van der Waals surface area contributed by atoms with Crippen LogP contribution in [0.2, 0.25) is 5.02 Å². The first-order chi connectivity index (χ1) is 10.9. The molecule has 0 aliphatic carbocycles. The van der Waals surface area contributed by atoms with Crippen molar-refractivity contribution in [3.63, 3.8) is 0 Å². The van der Waals surface area contributed by atoms with E-state index >= 15 is 0 Å². The normalized spacial score (nSPS) is 11.0. The van der Waals surface area contributed by atoms with Gasteiger partial charge in [0.25, 0.3) is 0 Å². The highest BCUT2D eigenvalue weighted by atomic mass is 35.5. The summed E-state index contributed by atoms with van der Waals surface area (Å²) in [5.41, 5.74) is 3.64. The fourth-order valence-corrected chi connectivity index (χ4v) is 2.37. The Morgan fingerprint density at radius 1 is 1.17 bits per heavy atom. The van der Waals surface area contributed by atoms with Crippen molar-refractivity contribution in [1.82, 2.24) is 4.90 Å². The Morgan fingerprint density at radius 3 is 2.43 bits per heavy atom. The van der Waals surface area contributed by atoms with E-state index in [2.05, 4.69) is 11.9 Å². The minimum Gasteiger partial charge on any atom is -0.366 e. The van der Waals surface area contributed by atoms with Gasteiger partial charge in [0.1, 0.15) is 5.82 Å². The molecule has 0 atom stereocenters. The van der Waals surface area contributed by atoms with Gasteiger partial charge in [0.05, 0.1) is 17.0 Å². The van der Waals surface area contributed by atoms with Gasteiger partial charge >= 0.3 is 0 Å². The molecule has 0 saturated carbocycles. The number of benzene rings is 2. The predicted molar refractivity (Wildman–Crippen MR) is 97.1 cm³/mol. The monoisotopic (exact) mass is 333 g/mol. The van der Waals surface area contributed by atoms with Crippen molar-refractivity contribution in [3.05, 3.63) is 52.8 Å². The molecule has 0 aliphatic heterocycles. The van der Waals surface area contributed by atoms with Gasteiger partial charge in [0.2, 0.25) is 0 Å². The second kappa shape index (κ2) is 7.47. The fraction of sp³-hybridized carbons (Fsp3) is 0.278. The molecule has 0 aliphatic rings. The molecule has 0 N–H and O–H groups in total. The molecule has 0 aromatic heterocycles.